The molecule has 0 saturated heterocycles. The van der Waals surface area contributed by atoms with Crippen molar-refractivity contribution in [3.05, 3.63) is 52.2 Å². The molecule has 0 bridgehead atoms. The van der Waals surface area contributed by atoms with Crippen LogP contribution in [0, 0.1) is 17.0 Å². The van der Waals surface area contributed by atoms with E-state index in [1.54, 1.807) is 25.1 Å². The molecule has 134 valence electrons. The van der Waals surface area contributed by atoms with E-state index in [-0.39, 0.29) is 10.6 Å². The Morgan fingerprint density at radius 1 is 1.20 bits per heavy atom. The number of rotatable bonds is 8. The summed E-state index contributed by atoms with van der Waals surface area (Å²) in [5.41, 5.74) is 1.32. The molecule has 0 fully saturated rings. The zero-order valence-electron chi connectivity index (χ0n) is 14.0. The summed E-state index contributed by atoms with van der Waals surface area (Å²) in [6.45, 7) is 2.77. The fourth-order valence-electron chi connectivity index (χ4n) is 2.28. The second-order valence-corrected chi connectivity index (χ2v) is 7.59. The minimum Gasteiger partial charge on any atom is -0.379 e. The number of sulfone groups is 1. The summed E-state index contributed by atoms with van der Waals surface area (Å²) in [4.78, 5) is 14.8. The molecule has 25 heavy (non-hydrogen) atoms. The van der Waals surface area contributed by atoms with Crippen molar-refractivity contribution < 1.29 is 13.3 Å². The second-order valence-electron chi connectivity index (χ2n) is 5.61. The van der Waals surface area contributed by atoms with Crippen molar-refractivity contribution in [1.82, 2.24) is 4.98 Å². The van der Waals surface area contributed by atoms with Crippen LogP contribution in [0.4, 0.5) is 17.2 Å². The van der Waals surface area contributed by atoms with Crippen molar-refractivity contribution in [2.24, 2.45) is 0 Å². The molecule has 9 heteroatoms. The van der Waals surface area contributed by atoms with Gasteiger partial charge in [0.15, 0.2) is 9.84 Å². The average Bonchev–Trinajstić information content (AvgIpc) is 2.55. The van der Waals surface area contributed by atoms with Crippen LogP contribution in [0.25, 0.3) is 0 Å². The number of aromatic nitrogens is 1. The van der Waals surface area contributed by atoms with Crippen LogP contribution in [0.5, 0.6) is 0 Å². The maximum absolute atomic E-state index is 11.7. The van der Waals surface area contributed by atoms with Crippen molar-refractivity contribution in [1.29, 1.82) is 0 Å². The van der Waals surface area contributed by atoms with Crippen LogP contribution >= 0.6 is 0 Å². The molecule has 2 N–H and O–H groups in total. The molecule has 0 aliphatic rings. The Balaban J connectivity index is 1.91. The van der Waals surface area contributed by atoms with Crippen LogP contribution in [0.1, 0.15) is 12.0 Å². The molecule has 2 rings (SSSR count). The number of nitro benzene ring substituents is 1. The van der Waals surface area contributed by atoms with E-state index in [1.165, 1.54) is 18.3 Å². The molecule has 0 radical (unpaired) electrons. The third-order valence-electron chi connectivity index (χ3n) is 3.48. The van der Waals surface area contributed by atoms with Gasteiger partial charge >= 0.3 is 0 Å². The van der Waals surface area contributed by atoms with E-state index in [0.29, 0.717) is 31.0 Å². The van der Waals surface area contributed by atoms with E-state index >= 15 is 0 Å². The van der Waals surface area contributed by atoms with Crippen molar-refractivity contribution in [2.75, 3.05) is 30.0 Å². The van der Waals surface area contributed by atoms with Gasteiger partial charge in [-0.3, -0.25) is 10.1 Å². The lowest BCUT2D eigenvalue weighted by Crippen LogP contribution is -2.13. The number of anilines is 2. The Hall–Kier alpha value is -2.68. The number of hydrogen-bond acceptors (Lipinski definition) is 7. The smallest absolute Gasteiger partial charge is 0.292 e. The Bertz CT molecular complexity index is 868. The third-order valence-corrected chi connectivity index (χ3v) is 4.61. The van der Waals surface area contributed by atoms with Crippen molar-refractivity contribution in [3.8, 4) is 0 Å². The summed E-state index contributed by atoms with van der Waals surface area (Å²) in [6, 6.07) is 8.08. The van der Waals surface area contributed by atoms with Crippen LogP contribution < -0.4 is 10.6 Å². The molecule has 0 saturated carbocycles. The minimum atomic E-state index is -3.35. The highest BCUT2D eigenvalue weighted by Crippen LogP contribution is 2.25. The SMILES string of the molecule is Cc1ccc(NCCCNc2ncccc2S(C)(=O)=O)c([N+](=O)[O-])c1. The van der Waals surface area contributed by atoms with Crippen molar-refractivity contribution in [3.63, 3.8) is 0 Å². The number of hydrogen-bond donors (Lipinski definition) is 2. The van der Waals surface area contributed by atoms with Crippen LogP contribution in [0.2, 0.25) is 0 Å². The van der Waals surface area contributed by atoms with Gasteiger partial charge in [-0.25, -0.2) is 13.4 Å². The largest absolute Gasteiger partial charge is 0.379 e. The molecular weight excluding hydrogens is 344 g/mol. The second kappa shape index (κ2) is 7.93. The molecule has 0 atom stereocenters. The molecule has 0 aliphatic heterocycles. The van der Waals surface area contributed by atoms with Gasteiger partial charge in [-0.05, 0) is 37.1 Å². The van der Waals surface area contributed by atoms with Crippen molar-refractivity contribution >= 4 is 27.0 Å². The van der Waals surface area contributed by atoms with Gasteiger partial charge in [-0.15, -0.1) is 0 Å². The molecule has 0 aliphatic carbocycles. The number of nitro groups is 1. The molecule has 1 aromatic heterocycles. The van der Waals surface area contributed by atoms with Gasteiger partial charge in [-0.1, -0.05) is 6.07 Å². The number of nitrogens with one attached hydrogen (secondary N) is 2. The molecule has 8 nitrogen and oxygen atoms in total. The molecule has 0 spiro atoms. The van der Waals surface area contributed by atoms with Crippen LogP contribution in [-0.4, -0.2) is 37.7 Å². The van der Waals surface area contributed by atoms with E-state index in [4.69, 9.17) is 0 Å². The first-order valence-electron chi connectivity index (χ1n) is 7.67. The Kier molecular flexibility index (Phi) is 5.92. The fraction of sp³-hybridized carbons (Fsp3) is 0.312. The monoisotopic (exact) mass is 364 g/mol. The Labute approximate surface area is 146 Å². The highest BCUT2D eigenvalue weighted by atomic mass is 32.2. The molecule has 1 aromatic carbocycles. The number of nitrogens with zero attached hydrogens (tertiary/aromatic N) is 2. The molecule has 2 aromatic rings. The molecular formula is C16H20N4O4S. The summed E-state index contributed by atoms with van der Waals surface area (Å²) in [6.07, 6.45) is 3.28. The third kappa shape index (κ3) is 5.15. The van der Waals surface area contributed by atoms with Crippen LogP contribution in [0.15, 0.2) is 41.4 Å². The van der Waals surface area contributed by atoms with Gasteiger partial charge in [0.2, 0.25) is 0 Å². The summed E-state index contributed by atoms with van der Waals surface area (Å²) in [5, 5.41) is 17.1. The lowest BCUT2D eigenvalue weighted by molar-refractivity contribution is -0.384. The predicted octanol–water partition coefficient (Wildman–Crippen LogP) is 2.62. The molecule has 1 heterocycles. The van der Waals surface area contributed by atoms with Crippen molar-refractivity contribution in [2.45, 2.75) is 18.2 Å². The van der Waals surface area contributed by atoms with E-state index in [1.807, 2.05) is 0 Å². The number of benzene rings is 1. The summed E-state index contributed by atoms with van der Waals surface area (Å²) in [7, 11) is -3.35. The van der Waals surface area contributed by atoms with Gasteiger partial charge in [0.05, 0.1) is 4.92 Å². The van der Waals surface area contributed by atoms with E-state index in [9.17, 15) is 18.5 Å². The first-order valence-corrected chi connectivity index (χ1v) is 9.56. The quantitative estimate of drug-likeness (QED) is 0.420. The predicted molar refractivity (Wildman–Crippen MR) is 96.8 cm³/mol. The van der Waals surface area contributed by atoms with E-state index in [2.05, 4.69) is 15.6 Å². The number of pyridine rings is 1. The maximum Gasteiger partial charge on any atom is 0.292 e. The standard InChI is InChI=1S/C16H20N4O4S/c1-12-6-7-13(14(11-12)20(21)22)17-9-4-10-19-16-15(25(2,23)24)5-3-8-18-16/h3,5-8,11,17H,4,9-10H2,1-2H3,(H,18,19). The van der Waals surface area contributed by atoms with E-state index in [0.717, 1.165) is 11.8 Å². The molecule has 0 unspecified atom stereocenters. The first kappa shape index (κ1) is 18.7. The zero-order valence-corrected chi connectivity index (χ0v) is 14.8. The summed E-state index contributed by atoms with van der Waals surface area (Å²) >= 11 is 0. The summed E-state index contributed by atoms with van der Waals surface area (Å²) < 4.78 is 23.4. The highest BCUT2D eigenvalue weighted by molar-refractivity contribution is 7.90. The lowest BCUT2D eigenvalue weighted by atomic mass is 10.2. The maximum atomic E-state index is 11.7. The van der Waals surface area contributed by atoms with Gasteiger partial charge in [0, 0.05) is 31.6 Å². The topological polar surface area (TPSA) is 114 Å². The van der Waals surface area contributed by atoms with Gasteiger partial charge < -0.3 is 10.6 Å². The normalized spacial score (nSPS) is 11.1. The van der Waals surface area contributed by atoms with Crippen LogP contribution in [-0.2, 0) is 9.84 Å². The molecule has 0 amide bonds. The van der Waals surface area contributed by atoms with Crippen LogP contribution in [0.3, 0.4) is 0 Å². The zero-order chi connectivity index (χ0) is 18.4. The Morgan fingerprint density at radius 2 is 1.92 bits per heavy atom. The first-order chi connectivity index (χ1) is 11.8. The number of aryl methyl sites for hydroxylation is 1. The highest BCUT2D eigenvalue weighted by Gasteiger charge is 2.14. The van der Waals surface area contributed by atoms with Gasteiger partial charge in [0.25, 0.3) is 5.69 Å². The Morgan fingerprint density at radius 3 is 2.60 bits per heavy atom. The lowest BCUT2D eigenvalue weighted by Gasteiger charge is -2.10. The fourth-order valence-corrected chi connectivity index (χ4v) is 3.08. The van der Waals surface area contributed by atoms with Gasteiger partial charge in [-0.2, -0.15) is 0 Å². The van der Waals surface area contributed by atoms with E-state index < -0.39 is 14.8 Å². The minimum absolute atomic E-state index is 0.0389. The average molecular weight is 364 g/mol. The van der Waals surface area contributed by atoms with Gasteiger partial charge in [0.1, 0.15) is 16.4 Å². The summed E-state index contributed by atoms with van der Waals surface area (Å²) in [5.74, 6) is 0.311.